The van der Waals surface area contributed by atoms with Crippen molar-refractivity contribution in [3.05, 3.63) is 0 Å². The monoisotopic (exact) mass is 250 g/mol. The Morgan fingerprint density at radius 1 is 1.00 bits per heavy atom. The minimum atomic E-state index is 0.222. The molecule has 0 aromatic heterocycles. The van der Waals surface area contributed by atoms with Crippen LogP contribution in [0.4, 0.5) is 0 Å². The van der Waals surface area contributed by atoms with Gasteiger partial charge < -0.3 is 10.6 Å². The molecule has 3 rings (SSSR count). The van der Waals surface area contributed by atoms with Gasteiger partial charge in [-0.15, -0.1) is 0 Å². The van der Waals surface area contributed by atoms with E-state index in [9.17, 15) is 4.79 Å². The van der Waals surface area contributed by atoms with Gasteiger partial charge in [0.2, 0.25) is 5.91 Å². The van der Waals surface area contributed by atoms with E-state index in [1.807, 2.05) is 4.90 Å². The summed E-state index contributed by atoms with van der Waals surface area (Å²) in [6.45, 7) is 1.69. The first-order valence-corrected chi connectivity index (χ1v) is 7.78. The number of carbonyl (C=O) groups excluding carboxylic acids is 1. The van der Waals surface area contributed by atoms with Gasteiger partial charge in [0.1, 0.15) is 0 Å². The lowest BCUT2D eigenvalue weighted by Gasteiger charge is -2.39. The van der Waals surface area contributed by atoms with Gasteiger partial charge in [0, 0.05) is 25.0 Å². The maximum atomic E-state index is 12.5. The summed E-state index contributed by atoms with van der Waals surface area (Å²) in [7, 11) is 0. The first-order chi connectivity index (χ1) is 8.74. The van der Waals surface area contributed by atoms with E-state index in [-0.39, 0.29) is 6.04 Å². The molecule has 102 valence electrons. The molecule has 0 radical (unpaired) electrons. The summed E-state index contributed by atoms with van der Waals surface area (Å²) in [5, 5.41) is 0. The molecule has 1 saturated heterocycles. The topological polar surface area (TPSA) is 46.3 Å². The molecule has 1 heterocycles. The molecular weight excluding hydrogens is 224 g/mol. The van der Waals surface area contributed by atoms with Crippen molar-refractivity contribution in [1.29, 1.82) is 0 Å². The van der Waals surface area contributed by atoms with Gasteiger partial charge in [0.25, 0.3) is 0 Å². The maximum absolute atomic E-state index is 12.5. The van der Waals surface area contributed by atoms with Crippen LogP contribution < -0.4 is 5.73 Å². The van der Waals surface area contributed by atoms with Crippen LogP contribution in [0, 0.1) is 17.8 Å². The summed E-state index contributed by atoms with van der Waals surface area (Å²) in [5.41, 5.74) is 5.90. The number of hydrogen-bond acceptors (Lipinski definition) is 2. The Morgan fingerprint density at radius 3 is 2.50 bits per heavy atom. The number of nitrogens with two attached hydrogens (primary N) is 1. The molecule has 3 fully saturated rings. The molecule has 2 saturated carbocycles. The number of likely N-dealkylation sites (tertiary alicyclic amines) is 1. The average molecular weight is 250 g/mol. The Kier molecular flexibility index (Phi) is 3.60. The van der Waals surface area contributed by atoms with Crippen LogP contribution >= 0.6 is 0 Å². The molecule has 18 heavy (non-hydrogen) atoms. The Hall–Kier alpha value is -0.570. The minimum Gasteiger partial charge on any atom is -0.341 e. The van der Waals surface area contributed by atoms with Gasteiger partial charge in [0.15, 0.2) is 0 Å². The predicted molar refractivity (Wildman–Crippen MR) is 72.0 cm³/mol. The highest BCUT2D eigenvalue weighted by atomic mass is 16.2. The quantitative estimate of drug-likeness (QED) is 0.775. The summed E-state index contributed by atoms with van der Waals surface area (Å²) in [6.07, 6.45) is 10.2. The highest BCUT2D eigenvalue weighted by Gasteiger charge is 2.37. The lowest BCUT2D eigenvalue weighted by molar-refractivity contribution is -0.136. The zero-order chi connectivity index (χ0) is 12.5. The second-order valence-electron chi connectivity index (χ2n) is 6.65. The fraction of sp³-hybridized carbons (Fsp3) is 0.933. The van der Waals surface area contributed by atoms with Crippen LogP contribution in [0.2, 0.25) is 0 Å². The van der Waals surface area contributed by atoms with Crippen LogP contribution in [0.25, 0.3) is 0 Å². The molecular formula is C15H26N2O. The van der Waals surface area contributed by atoms with Crippen LogP contribution in [0.5, 0.6) is 0 Å². The second-order valence-corrected chi connectivity index (χ2v) is 6.65. The van der Waals surface area contributed by atoms with Gasteiger partial charge >= 0.3 is 0 Å². The van der Waals surface area contributed by atoms with Gasteiger partial charge in [-0.25, -0.2) is 0 Å². The Morgan fingerprint density at radius 2 is 1.78 bits per heavy atom. The highest BCUT2D eigenvalue weighted by Crippen LogP contribution is 2.43. The van der Waals surface area contributed by atoms with E-state index in [0.29, 0.717) is 11.8 Å². The Labute approximate surface area is 110 Å². The molecule has 0 spiro atoms. The Balaban J connectivity index is 1.58. The van der Waals surface area contributed by atoms with Gasteiger partial charge in [-0.2, -0.15) is 0 Å². The van der Waals surface area contributed by atoms with E-state index in [2.05, 4.69) is 0 Å². The lowest BCUT2D eigenvalue weighted by Crippen LogP contribution is -2.40. The zero-order valence-electron chi connectivity index (χ0n) is 11.3. The van der Waals surface area contributed by atoms with E-state index >= 15 is 0 Å². The SMILES string of the molecule is N[C@H]1CCN(C(=O)C2CCC3CCCCC3C2)C1. The molecule has 1 amide bonds. The second kappa shape index (κ2) is 5.20. The molecule has 3 aliphatic rings. The standard InChI is InChI=1S/C15H26N2O/c16-14-7-8-17(10-14)15(18)13-6-5-11-3-1-2-4-12(11)9-13/h11-14H,1-10,16H2/t11?,12?,13?,14-/m0/s1. The minimum absolute atomic E-state index is 0.222. The van der Waals surface area contributed by atoms with Crippen LogP contribution in [-0.2, 0) is 4.79 Å². The number of hydrogen-bond donors (Lipinski definition) is 1. The number of nitrogens with zero attached hydrogens (tertiary/aromatic N) is 1. The molecule has 3 heteroatoms. The van der Waals surface area contributed by atoms with E-state index in [1.165, 1.54) is 32.1 Å². The molecule has 3 nitrogen and oxygen atoms in total. The van der Waals surface area contributed by atoms with Crippen LogP contribution in [0.15, 0.2) is 0 Å². The van der Waals surface area contributed by atoms with Gasteiger partial charge in [0.05, 0.1) is 0 Å². The maximum Gasteiger partial charge on any atom is 0.225 e. The molecule has 0 bridgehead atoms. The van der Waals surface area contributed by atoms with Crippen molar-refractivity contribution in [3.8, 4) is 0 Å². The molecule has 0 aromatic carbocycles. The smallest absolute Gasteiger partial charge is 0.225 e. The summed E-state index contributed by atoms with van der Waals surface area (Å²) < 4.78 is 0. The van der Waals surface area contributed by atoms with Crippen molar-refractivity contribution < 1.29 is 4.79 Å². The Bertz CT molecular complexity index is 318. The fourth-order valence-electron chi connectivity index (χ4n) is 4.34. The molecule has 2 N–H and O–H groups in total. The van der Waals surface area contributed by atoms with E-state index in [0.717, 1.165) is 44.2 Å². The van der Waals surface area contributed by atoms with Crippen molar-refractivity contribution in [2.24, 2.45) is 23.5 Å². The van der Waals surface area contributed by atoms with Crippen LogP contribution in [0.3, 0.4) is 0 Å². The number of fused-ring (bicyclic) bond motifs is 1. The predicted octanol–water partition coefficient (Wildman–Crippen LogP) is 2.15. The van der Waals surface area contributed by atoms with E-state index in [1.54, 1.807) is 0 Å². The summed E-state index contributed by atoms with van der Waals surface area (Å²) in [6, 6.07) is 0.222. The third-order valence-corrected chi connectivity index (χ3v) is 5.43. The third-order valence-electron chi connectivity index (χ3n) is 5.43. The number of carbonyl (C=O) groups is 1. The lowest BCUT2D eigenvalue weighted by atomic mass is 9.67. The van der Waals surface area contributed by atoms with Crippen molar-refractivity contribution in [3.63, 3.8) is 0 Å². The van der Waals surface area contributed by atoms with Gasteiger partial charge in [-0.3, -0.25) is 4.79 Å². The zero-order valence-corrected chi connectivity index (χ0v) is 11.3. The fourth-order valence-corrected chi connectivity index (χ4v) is 4.34. The third kappa shape index (κ3) is 2.42. The van der Waals surface area contributed by atoms with E-state index in [4.69, 9.17) is 5.73 Å². The molecule has 1 aliphatic heterocycles. The van der Waals surface area contributed by atoms with E-state index < -0.39 is 0 Å². The molecule has 0 aromatic rings. The number of amides is 1. The normalized spacial score (nSPS) is 40.6. The van der Waals surface area contributed by atoms with Crippen molar-refractivity contribution in [1.82, 2.24) is 4.90 Å². The summed E-state index contributed by atoms with van der Waals surface area (Å²) in [5.74, 6) is 2.50. The highest BCUT2D eigenvalue weighted by molar-refractivity contribution is 5.79. The van der Waals surface area contributed by atoms with Crippen molar-refractivity contribution in [2.75, 3.05) is 13.1 Å². The molecule has 2 aliphatic carbocycles. The summed E-state index contributed by atoms with van der Waals surface area (Å²) >= 11 is 0. The van der Waals surface area contributed by atoms with Crippen LogP contribution in [0.1, 0.15) is 51.4 Å². The molecule has 4 atom stereocenters. The summed E-state index contributed by atoms with van der Waals surface area (Å²) in [4.78, 5) is 14.5. The van der Waals surface area contributed by atoms with Gasteiger partial charge in [-0.05, 0) is 37.5 Å². The first-order valence-electron chi connectivity index (χ1n) is 7.78. The van der Waals surface area contributed by atoms with Crippen LogP contribution in [-0.4, -0.2) is 29.9 Å². The number of rotatable bonds is 1. The van der Waals surface area contributed by atoms with Crippen molar-refractivity contribution in [2.45, 2.75) is 57.4 Å². The van der Waals surface area contributed by atoms with Crippen molar-refractivity contribution >= 4 is 5.91 Å². The average Bonchev–Trinajstić information content (AvgIpc) is 2.84. The first kappa shape index (κ1) is 12.5. The largest absolute Gasteiger partial charge is 0.341 e. The van der Waals surface area contributed by atoms with Gasteiger partial charge in [-0.1, -0.05) is 25.7 Å². The molecule has 3 unspecified atom stereocenters.